The molecule has 1 aromatic rings. The van der Waals surface area contributed by atoms with Crippen LogP contribution in [0.4, 0.5) is 15.8 Å². The van der Waals surface area contributed by atoms with Gasteiger partial charge in [-0.1, -0.05) is 6.92 Å². The van der Waals surface area contributed by atoms with E-state index in [0.29, 0.717) is 6.54 Å². The van der Waals surface area contributed by atoms with E-state index in [9.17, 15) is 19.3 Å². The number of amides is 1. The van der Waals surface area contributed by atoms with Crippen LogP contribution < -0.4 is 10.6 Å². The minimum absolute atomic E-state index is 0.0989. The normalized spacial score (nSPS) is 10.0. The van der Waals surface area contributed by atoms with Gasteiger partial charge in [-0.05, 0) is 18.7 Å². The highest BCUT2D eigenvalue weighted by molar-refractivity contribution is 5.92. The maximum absolute atomic E-state index is 13.0. The molecule has 0 saturated carbocycles. The number of anilines is 1. The molecule has 1 amide bonds. The van der Waals surface area contributed by atoms with E-state index in [1.54, 1.807) is 0 Å². The van der Waals surface area contributed by atoms with Gasteiger partial charge in [0.05, 0.1) is 11.5 Å². The molecule has 6 nitrogen and oxygen atoms in total. The Labute approximate surface area is 97.0 Å². The van der Waals surface area contributed by atoms with E-state index in [-0.39, 0.29) is 18.1 Å². The molecule has 0 bridgehead atoms. The third-order valence-electron chi connectivity index (χ3n) is 1.96. The molecule has 0 atom stereocenters. The summed E-state index contributed by atoms with van der Waals surface area (Å²) >= 11 is 0. The molecular formula is C10H12FN3O3. The van der Waals surface area contributed by atoms with Gasteiger partial charge in [0, 0.05) is 11.8 Å². The van der Waals surface area contributed by atoms with Gasteiger partial charge in [0.2, 0.25) is 11.7 Å². The van der Waals surface area contributed by atoms with E-state index in [1.807, 2.05) is 6.92 Å². The summed E-state index contributed by atoms with van der Waals surface area (Å²) in [6.45, 7) is 2.58. The number of likely N-dealkylation sites (N-methyl/N-ethyl adjacent to an activating group) is 1. The Balaban J connectivity index is 2.75. The van der Waals surface area contributed by atoms with Gasteiger partial charge in [-0.2, -0.15) is 4.39 Å². The van der Waals surface area contributed by atoms with Gasteiger partial charge >= 0.3 is 5.69 Å². The SMILES string of the molecule is CCNCC(=O)Nc1ccc(F)c([N+](=O)[O-])c1. The molecule has 7 heteroatoms. The van der Waals surface area contributed by atoms with Crippen LogP contribution in [0.3, 0.4) is 0 Å². The first kappa shape index (κ1) is 13.0. The van der Waals surface area contributed by atoms with Crippen LogP contribution in [0.25, 0.3) is 0 Å². The van der Waals surface area contributed by atoms with Crippen molar-refractivity contribution in [2.45, 2.75) is 6.92 Å². The zero-order chi connectivity index (χ0) is 12.8. The lowest BCUT2D eigenvalue weighted by molar-refractivity contribution is -0.387. The minimum Gasteiger partial charge on any atom is -0.325 e. The van der Waals surface area contributed by atoms with Crippen molar-refractivity contribution in [3.63, 3.8) is 0 Å². The summed E-state index contributed by atoms with van der Waals surface area (Å²) in [5.41, 5.74) is -0.466. The first-order valence-electron chi connectivity index (χ1n) is 4.99. The van der Waals surface area contributed by atoms with Crippen LogP contribution in [-0.2, 0) is 4.79 Å². The molecule has 0 radical (unpaired) electrons. The zero-order valence-corrected chi connectivity index (χ0v) is 9.20. The lowest BCUT2D eigenvalue weighted by Gasteiger charge is -2.05. The average molecular weight is 241 g/mol. The van der Waals surface area contributed by atoms with Gasteiger partial charge in [0.25, 0.3) is 0 Å². The third-order valence-corrected chi connectivity index (χ3v) is 1.96. The number of hydrogen-bond acceptors (Lipinski definition) is 4. The number of nitrogens with one attached hydrogen (secondary N) is 2. The highest BCUT2D eigenvalue weighted by atomic mass is 19.1. The molecule has 2 N–H and O–H groups in total. The number of rotatable bonds is 5. The summed E-state index contributed by atoms with van der Waals surface area (Å²) in [5.74, 6) is -1.27. The molecule has 0 fully saturated rings. The molecule has 0 spiro atoms. The maximum atomic E-state index is 13.0. The largest absolute Gasteiger partial charge is 0.325 e. The van der Waals surface area contributed by atoms with Gasteiger partial charge in [0.1, 0.15) is 0 Å². The van der Waals surface area contributed by atoms with Gasteiger partial charge in [-0.25, -0.2) is 0 Å². The number of carbonyl (C=O) groups excluding carboxylic acids is 1. The molecule has 17 heavy (non-hydrogen) atoms. The molecule has 0 unspecified atom stereocenters. The van der Waals surface area contributed by atoms with Gasteiger partial charge < -0.3 is 10.6 Å². The summed E-state index contributed by atoms with van der Waals surface area (Å²) in [6, 6.07) is 3.20. The Hall–Kier alpha value is -2.02. The molecule has 0 aliphatic carbocycles. The number of hydrogen-bond donors (Lipinski definition) is 2. The molecule has 0 aliphatic rings. The van der Waals surface area contributed by atoms with Gasteiger partial charge in [-0.15, -0.1) is 0 Å². The summed E-state index contributed by atoms with van der Waals surface area (Å²) in [5, 5.41) is 15.7. The number of nitro benzene ring substituents is 1. The van der Waals surface area contributed by atoms with Crippen molar-refractivity contribution in [2.75, 3.05) is 18.4 Å². The number of nitrogens with zero attached hydrogens (tertiary/aromatic N) is 1. The predicted octanol–water partition coefficient (Wildman–Crippen LogP) is 1.28. The van der Waals surface area contributed by atoms with E-state index >= 15 is 0 Å². The fourth-order valence-corrected chi connectivity index (χ4v) is 1.17. The summed E-state index contributed by atoms with van der Waals surface area (Å²) in [6.07, 6.45) is 0. The van der Waals surface area contributed by atoms with Crippen LogP contribution in [-0.4, -0.2) is 23.9 Å². The van der Waals surface area contributed by atoms with E-state index in [1.165, 1.54) is 6.07 Å². The quantitative estimate of drug-likeness (QED) is 0.600. The summed E-state index contributed by atoms with van der Waals surface area (Å²) in [7, 11) is 0. The van der Waals surface area contributed by atoms with E-state index in [4.69, 9.17) is 0 Å². The van der Waals surface area contributed by atoms with E-state index in [2.05, 4.69) is 10.6 Å². The molecule has 1 rings (SSSR count). The van der Waals surface area contributed by atoms with Crippen molar-refractivity contribution in [1.82, 2.24) is 5.32 Å². The second-order valence-electron chi connectivity index (χ2n) is 3.25. The monoisotopic (exact) mass is 241 g/mol. The number of halogens is 1. The molecule has 0 heterocycles. The molecule has 0 aliphatic heterocycles. The Morgan fingerprint density at radius 2 is 2.24 bits per heavy atom. The van der Waals surface area contributed by atoms with Crippen LogP contribution in [0, 0.1) is 15.9 Å². The van der Waals surface area contributed by atoms with Crippen LogP contribution in [0.5, 0.6) is 0 Å². The standard InChI is InChI=1S/C10H12FN3O3/c1-2-12-6-10(15)13-7-3-4-8(11)9(5-7)14(16)17/h3-5,12H,2,6H2,1H3,(H,13,15). The lowest BCUT2D eigenvalue weighted by atomic mass is 10.2. The third kappa shape index (κ3) is 3.80. The zero-order valence-electron chi connectivity index (χ0n) is 9.20. The van der Waals surface area contributed by atoms with E-state index in [0.717, 1.165) is 12.1 Å². The molecule has 0 saturated heterocycles. The number of carbonyl (C=O) groups is 1. The topological polar surface area (TPSA) is 84.3 Å². The second kappa shape index (κ2) is 5.90. The average Bonchev–Trinajstić information content (AvgIpc) is 2.28. The highest BCUT2D eigenvalue weighted by Gasteiger charge is 2.14. The Kier molecular flexibility index (Phi) is 4.53. The van der Waals surface area contributed by atoms with Gasteiger partial charge in [-0.3, -0.25) is 14.9 Å². The van der Waals surface area contributed by atoms with Crippen molar-refractivity contribution in [1.29, 1.82) is 0 Å². The fraction of sp³-hybridized carbons (Fsp3) is 0.300. The molecular weight excluding hydrogens is 229 g/mol. The van der Waals surface area contributed by atoms with Crippen molar-refractivity contribution < 1.29 is 14.1 Å². The second-order valence-corrected chi connectivity index (χ2v) is 3.25. The first-order valence-corrected chi connectivity index (χ1v) is 4.99. The number of nitro groups is 1. The lowest BCUT2D eigenvalue weighted by Crippen LogP contribution is -2.27. The van der Waals surface area contributed by atoms with Crippen molar-refractivity contribution in [3.8, 4) is 0 Å². The smallest absolute Gasteiger partial charge is 0.306 e. The maximum Gasteiger partial charge on any atom is 0.306 e. The van der Waals surface area contributed by atoms with Gasteiger partial charge in [0.15, 0.2) is 0 Å². The Morgan fingerprint density at radius 1 is 1.53 bits per heavy atom. The van der Waals surface area contributed by atoms with Crippen LogP contribution in [0.15, 0.2) is 18.2 Å². The van der Waals surface area contributed by atoms with Crippen molar-refractivity contribution in [2.24, 2.45) is 0 Å². The summed E-state index contributed by atoms with van der Waals surface area (Å²) in [4.78, 5) is 20.9. The number of benzene rings is 1. The minimum atomic E-state index is -0.931. The first-order chi connectivity index (χ1) is 8.04. The summed E-state index contributed by atoms with van der Waals surface area (Å²) < 4.78 is 13.0. The van der Waals surface area contributed by atoms with Crippen LogP contribution >= 0.6 is 0 Å². The molecule has 92 valence electrons. The predicted molar refractivity (Wildman–Crippen MR) is 60.2 cm³/mol. The van der Waals surface area contributed by atoms with Crippen LogP contribution in [0.1, 0.15) is 6.92 Å². The Morgan fingerprint density at radius 3 is 2.82 bits per heavy atom. The Bertz CT molecular complexity index is 437. The van der Waals surface area contributed by atoms with Crippen LogP contribution in [0.2, 0.25) is 0 Å². The fourth-order valence-electron chi connectivity index (χ4n) is 1.17. The van der Waals surface area contributed by atoms with Crippen molar-refractivity contribution in [3.05, 3.63) is 34.1 Å². The molecule has 1 aromatic carbocycles. The molecule has 0 aromatic heterocycles. The highest BCUT2D eigenvalue weighted by Crippen LogP contribution is 2.21. The van der Waals surface area contributed by atoms with E-state index < -0.39 is 16.4 Å². The van der Waals surface area contributed by atoms with Crippen molar-refractivity contribution >= 4 is 17.3 Å².